The SMILES string of the molecule is COc1ncccc1NC(=O)c1cc(C(=O)c2c(Cl)ccc(Cl)c2F)c[nH]1. The predicted octanol–water partition coefficient (Wildman–Crippen LogP) is 4.35. The first-order chi connectivity index (χ1) is 12.9. The van der Waals surface area contributed by atoms with Gasteiger partial charge in [0.1, 0.15) is 11.4 Å². The monoisotopic (exact) mass is 407 g/mol. The fourth-order valence-electron chi connectivity index (χ4n) is 2.37. The number of carbonyl (C=O) groups excluding carboxylic acids is 2. The van der Waals surface area contributed by atoms with Crippen molar-refractivity contribution < 1.29 is 18.7 Å². The zero-order chi connectivity index (χ0) is 19.6. The summed E-state index contributed by atoms with van der Waals surface area (Å²) >= 11 is 11.6. The van der Waals surface area contributed by atoms with E-state index in [-0.39, 0.29) is 32.7 Å². The molecule has 1 amide bonds. The molecule has 0 aliphatic heterocycles. The third-order valence-corrected chi connectivity index (χ3v) is 4.28. The Morgan fingerprint density at radius 2 is 1.96 bits per heavy atom. The van der Waals surface area contributed by atoms with Crippen LogP contribution in [-0.4, -0.2) is 28.8 Å². The summed E-state index contributed by atoms with van der Waals surface area (Å²) in [5, 5.41) is 2.31. The number of nitrogens with zero attached hydrogens (tertiary/aromatic N) is 1. The molecule has 0 saturated heterocycles. The van der Waals surface area contributed by atoms with E-state index in [9.17, 15) is 14.0 Å². The molecule has 6 nitrogen and oxygen atoms in total. The lowest BCUT2D eigenvalue weighted by atomic mass is 10.0. The normalized spacial score (nSPS) is 10.5. The summed E-state index contributed by atoms with van der Waals surface area (Å²) in [7, 11) is 1.42. The maximum absolute atomic E-state index is 14.2. The number of halogens is 3. The molecule has 2 aromatic heterocycles. The Bertz CT molecular complexity index is 1040. The number of hydrogen-bond donors (Lipinski definition) is 2. The molecular formula is C18H12Cl2FN3O3. The molecule has 2 N–H and O–H groups in total. The molecule has 0 spiro atoms. The van der Waals surface area contributed by atoms with Crippen molar-refractivity contribution in [2.45, 2.75) is 0 Å². The van der Waals surface area contributed by atoms with Crippen LogP contribution < -0.4 is 10.1 Å². The second kappa shape index (κ2) is 7.77. The number of ketones is 1. The molecule has 0 fully saturated rings. The Balaban J connectivity index is 1.86. The van der Waals surface area contributed by atoms with Crippen LogP contribution in [0.4, 0.5) is 10.1 Å². The maximum Gasteiger partial charge on any atom is 0.272 e. The van der Waals surface area contributed by atoms with Gasteiger partial charge in [0.25, 0.3) is 5.91 Å². The largest absolute Gasteiger partial charge is 0.480 e. The van der Waals surface area contributed by atoms with E-state index in [2.05, 4.69) is 15.3 Å². The van der Waals surface area contributed by atoms with Gasteiger partial charge in [0.2, 0.25) is 5.88 Å². The van der Waals surface area contributed by atoms with Crippen molar-refractivity contribution in [2.75, 3.05) is 12.4 Å². The van der Waals surface area contributed by atoms with Crippen LogP contribution in [0.2, 0.25) is 10.0 Å². The second-order valence-electron chi connectivity index (χ2n) is 5.36. The minimum atomic E-state index is -0.915. The van der Waals surface area contributed by atoms with Gasteiger partial charge in [-0.1, -0.05) is 23.2 Å². The van der Waals surface area contributed by atoms with Gasteiger partial charge in [0, 0.05) is 18.0 Å². The van der Waals surface area contributed by atoms with Crippen LogP contribution in [0.1, 0.15) is 26.4 Å². The van der Waals surface area contributed by atoms with Gasteiger partial charge in [0.05, 0.1) is 22.7 Å². The maximum atomic E-state index is 14.2. The first-order valence-electron chi connectivity index (χ1n) is 7.59. The zero-order valence-corrected chi connectivity index (χ0v) is 15.4. The number of pyridine rings is 1. The number of benzene rings is 1. The lowest BCUT2D eigenvalue weighted by Gasteiger charge is -2.07. The van der Waals surface area contributed by atoms with Gasteiger partial charge in [0.15, 0.2) is 11.6 Å². The Morgan fingerprint density at radius 1 is 1.22 bits per heavy atom. The molecule has 1 aromatic carbocycles. The number of amides is 1. The molecule has 0 atom stereocenters. The average Bonchev–Trinajstić information content (AvgIpc) is 3.16. The van der Waals surface area contributed by atoms with E-state index in [1.807, 2.05) is 0 Å². The van der Waals surface area contributed by atoms with E-state index in [4.69, 9.17) is 27.9 Å². The number of rotatable bonds is 5. The van der Waals surface area contributed by atoms with Gasteiger partial charge in [-0.2, -0.15) is 0 Å². The van der Waals surface area contributed by atoms with Crippen LogP contribution in [0.15, 0.2) is 42.7 Å². The Kier molecular flexibility index (Phi) is 5.43. The van der Waals surface area contributed by atoms with Crippen molar-refractivity contribution in [3.05, 3.63) is 75.4 Å². The van der Waals surface area contributed by atoms with Gasteiger partial charge in [-0.3, -0.25) is 9.59 Å². The molecule has 3 aromatic rings. The van der Waals surface area contributed by atoms with E-state index >= 15 is 0 Å². The Labute approximate surface area is 163 Å². The van der Waals surface area contributed by atoms with Crippen molar-refractivity contribution in [3.8, 4) is 5.88 Å². The summed E-state index contributed by atoms with van der Waals surface area (Å²) in [4.78, 5) is 31.6. The van der Waals surface area contributed by atoms with Crippen LogP contribution in [0.25, 0.3) is 0 Å². The van der Waals surface area contributed by atoms with E-state index in [0.29, 0.717) is 5.69 Å². The van der Waals surface area contributed by atoms with Crippen LogP contribution in [0.3, 0.4) is 0 Å². The topological polar surface area (TPSA) is 84.1 Å². The van der Waals surface area contributed by atoms with Gasteiger partial charge < -0.3 is 15.0 Å². The van der Waals surface area contributed by atoms with Gasteiger partial charge in [-0.25, -0.2) is 9.37 Å². The Morgan fingerprint density at radius 3 is 2.70 bits per heavy atom. The first-order valence-corrected chi connectivity index (χ1v) is 8.35. The summed E-state index contributed by atoms with van der Waals surface area (Å²) in [6, 6.07) is 7.12. The molecule has 0 bridgehead atoms. The van der Waals surface area contributed by atoms with E-state index in [1.165, 1.54) is 37.7 Å². The fourth-order valence-corrected chi connectivity index (χ4v) is 2.76. The number of anilines is 1. The molecule has 0 aliphatic rings. The molecule has 0 saturated carbocycles. The summed E-state index contributed by atoms with van der Waals surface area (Å²) in [6.07, 6.45) is 2.80. The minimum Gasteiger partial charge on any atom is -0.480 e. The molecule has 0 radical (unpaired) electrons. The molecule has 0 aliphatic carbocycles. The molecular weight excluding hydrogens is 396 g/mol. The lowest BCUT2D eigenvalue weighted by Crippen LogP contribution is -2.13. The van der Waals surface area contributed by atoms with Gasteiger partial charge >= 0.3 is 0 Å². The highest BCUT2D eigenvalue weighted by Crippen LogP contribution is 2.28. The summed E-state index contributed by atoms with van der Waals surface area (Å²) in [5.74, 6) is -1.91. The number of nitrogens with one attached hydrogen (secondary N) is 2. The first kappa shape index (κ1) is 18.9. The number of methoxy groups -OCH3 is 1. The second-order valence-corrected chi connectivity index (χ2v) is 6.18. The average molecular weight is 408 g/mol. The van der Waals surface area contributed by atoms with Crippen molar-refractivity contribution >= 4 is 40.6 Å². The number of carbonyl (C=O) groups is 2. The van der Waals surface area contributed by atoms with Crippen molar-refractivity contribution in [1.82, 2.24) is 9.97 Å². The fraction of sp³-hybridized carbons (Fsp3) is 0.0556. The summed E-state index contributed by atoms with van der Waals surface area (Å²) < 4.78 is 19.2. The highest BCUT2D eigenvalue weighted by Gasteiger charge is 2.22. The molecule has 27 heavy (non-hydrogen) atoms. The van der Waals surface area contributed by atoms with E-state index in [1.54, 1.807) is 12.1 Å². The zero-order valence-electron chi connectivity index (χ0n) is 13.8. The smallest absolute Gasteiger partial charge is 0.272 e. The molecule has 2 heterocycles. The minimum absolute atomic E-state index is 0.0568. The quantitative estimate of drug-likeness (QED) is 0.486. The standard InChI is InChI=1S/C18H12Cl2FN3O3/c1-27-18-12(3-2-6-22-18)24-17(26)13-7-9(8-23-13)16(25)14-10(19)4-5-11(20)15(14)21/h2-8,23H,1H3,(H,24,26). The number of aromatic amines is 1. The number of H-pyrrole nitrogens is 1. The Hall–Kier alpha value is -2.90. The third kappa shape index (κ3) is 3.79. The van der Waals surface area contributed by atoms with Crippen LogP contribution >= 0.6 is 23.2 Å². The number of hydrogen-bond acceptors (Lipinski definition) is 4. The number of ether oxygens (including phenoxy) is 1. The third-order valence-electron chi connectivity index (χ3n) is 3.67. The summed E-state index contributed by atoms with van der Waals surface area (Å²) in [5.41, 5.74) is 0.143. The van der Waals surface area contributed by atoms with Crippen LogP contribution in [0, 0.1) is 5.82 Å². The van der Waals surface area contributed by atoms with E-state index < -0.39 is 17.5 Å². The number of aromatic nitrogens is 2. The van der Waals surface area contributed by atoms with E-state index in [0.717, 1.165) is 0 Å². The van der Waals surface area contributed by atoms with Crippen LogP contribution in [-0.2, 0) is 0 Å². The molecule has 138 valence electrons. The van der Waals surface area contributed by atoms with Crippen molar-refractivity contribution in [3.63, 3.8) is 0 Å². The van der Waals surface area contributed by atoms with Crippen molar-refractivity contribution in [2.24, 2.45) is 0 Å². The lowest BCUT2D eigenvalue weighted by molar-refractivity contribution is 0.102. The van der Waals surface area contributed by atoms with Crippen LogP contribution in [0.5, 0.6) is 5.88 Å². The molecule has 3 rings (SSSR count). The summed E-state index contributed by atoms with van der Waals surface area (Å²) in [6.45, 7) is 0. The highest BCUT2D eigenvalue weighted by atomic mass is 35.5. The molecule has 9 heteroatoms. The van der Waals surface area contributed by atoms with Crippen molar-refractivity contribution in [1.29, 1.82) is 0 Å². The predicted molar refractivity (Wildman–Crippen MR) is 99.4 cm³/mol. The highest BCUT2D eigenvalue weighted by molar-refractivity contribution is 6.37. The van der Waals surface area contributed by atoms with Gasteiger partial charge in [-0.05, 0) is 30.3 Å². The molecule has 0 unspecified atom stereocenters. The van der Waals surface area contributed by atoms with Gasteiger partial charge in [-0.15, -0.1) is 0 Å².